The molecule has 1 rings (SSSR count). The standard InChI is InChI=1S/C10H9F3O2.C2H6/c11-10(12,13)9(15)6-8(14)7-4-2-1-3-5-7;1-2/h1-5,9,15H,6H2;1-2H3. The molecule has 0 heterocycles. The van der Waals surface area contributed by atoms with Crippen LogP contribution < -0.4 is 0 Å². The minimum absolute atomic E-state index is 0.167. The Morgan fingerprint density at radius 1 is 1.24 bits per heavy atom. The average molecular weight is 248 g/mol. The second kappa shape index (κ2) is 7.06. The number of aliphatic hydroxyl groups is 1. The highest BCUT2D eigenvalue weighted by Gasteiger charge is 2.39. The molecule has 1 atom stereocenters. The molecule has 0 aromatic heterocycles. The lowest BCUT2D eigenvalue weighted by molar-refractivity contribution is -0.202. The van der Waals surface area contributed by atoms with Crippen LogP contribution in [0.25, 0.3) is 0 Å². The number of aliphatic hydroxyl groups excluding tert-OH is 1. The summed E-state index contributed by atoms with van der Waals surface area (Å²) >= 11 is 0. The van der Waals surface area contributed by atoms with Gasteiger partial charge in [0, 0.05) is 12.0 Å². The molecule has 0 radical (unpaired) electrons. The Morgan fingerprint density at radius 2 is 1.71 bits per heavy atom. The third-order valence-corrected chi connectivity index (χ3v) is 1.85. The van der Waals surface area contributed by atoms with Crippen molar-refractivity contribution in [1.82, 2.24) is 0 Å². The third-order valence-electron chi connectivity index (χ3n) is 1.85. The zero-order chi connectivity index (χ0) is 13.5. The largest absolute Gasteiger partial charge is 0.414 e. The first-order valence-corrected chi connectivity index (χ1v) is 5.24. The molecule has 1 unspecified atom stereocenters. The summed E-state index contributed by atoms with van der Waals surface area (Å²) in [6.07, 6.45) is -8.27. The van der Waals surface area contributed by atoms with Crippen LogP contribution in [0.2, 0.25) is 0 Å². The van der Waals surface area contributed by atoms with E-state index < -0.39 is 24.5 Å². The number of hydrogen-bond acceptors (Lipinski definition) is 2. The number of benzene rings is 1. The van der Waals surface area contributed by atoms with Crippen LogP contribution >= 0.6 is 0 Å². The number of halogens is 3. The molecule has 17 heavy (non-hydrogen) atoms. The SMILES string of the molecule is CC.O=C(CC(O)C(F)(F)F)c1ccccc1. The van der Waals surface area contributed by atoms with Crippen molar-refractivity contribution >= 4 is 5.78 Å². The van der Waals surface area contributed by atoms with E-state index in [1.165, 1.54) is 12.1 Å². The van der Waals surface area contributed by atoms with Crippen molar-refractivity contribution < 1.29 is 23.1 Å². The minimum Gasteiger partial charge on any atom is -0.383 e. The number of carbonyl (C=O) groups excluding carboxylic acids is 1. The molecule has 0 aliphatic heterocycles. The van der Waals surface area contributed by atoms with E-state index >= 15 is 0 Å². The van der Waals surface area contributed by atoms with Crippen LogP contribution in [0.4, 0.5) is 13.2 Å². The van der Waals surface area contributed by atoms with E-state index in [4.69, 9.17) is 5.11 Å². The van der Waals surface area contributed by atoms with Gasteiger partial charge in [-0.15, -0.1) is 0 Å². The lowest BCUT2D eigenvalue weighted by atomic mass is 10.1. The van der Waals surface area contributed by atoms with E-state index in [9.17, 15) is 18.0 Å². The molecule has 0 amide bonds. The quantitative estimate of drug-likeness (QED) is 0.834. The van der Waals surface area contributed by atoms with Crippen LogP contribution in [0.5, 0.6) is 0 Å². The average Bonchev–Trinajstić information content (AvgIpc) is 2.31. The number of carbonyl (C=O) groups is 1. The Balaban J connectivity index is 0.00000121. The summed E-state index contributed by atoms with van der Waals surface area (Å²) in [5, 5.41) is 8.67. The van der Waals surface area contributed by atoms with E-state index in [0.29, 0.717) is 0 Å². The van der Waals surface area contributed by atoms with Gasteiger partial charge in [0.2, 0.25) is 0 Å². The van der Waals surface area contributed by atoms with Crippen LogP contribution in [0.15, 0.2) is 30.3 Å². The third kappa shape index (κ3) is 5.49. The summed E-state index contributed by atoms with van der Waals surface area (Å²) in [6.45, 7) is 4.00. The molecule has 0 aliphatic carbocycles. The number of ketones is 1. The summed E-state index contributed by atoms with van der Waals surface area (Å²) < 4.78 is 35.8. The molecule has 0 saturated heterocycles. The molecule has 0 fully saturated rings. The molecule has 2 nitrogen and oxygen atoms in total. The van der Waals surface area contributed by atoms with Crippen molar-refractivity contribution in [3.63, 3.8) is 0 Å². The Labute approximate surface area is 98.1 Å². The highest BCUT2D eigenvalue weighted by Crippen LogP contribution is 2.23. The van der Waals surface area contributed by atoms with Crippen molar-refractivity contribution in [3.8, 4) is 0 Å². The second-order valence-corrected chi connectivity index (χ2v) is 3.05. The van der Waals surface area contributed by atoms with Gasteiger partial charge in [-0.3, -0.25) is 4.79 Å². The summed E-state index contributed by atoms with van der Waals surface area (Å²) in [5.74, 6) is -0.722. The highest BCUT2D eigenvalue weighted by molar-refractivity contribution is 5.96. The number of hydrogen-bond donors (Lipinski definition) is 1. The van der Waals surface area contributed by atoms with Gasteiger partial charge in [-0.1, -0.05) is 44.2 Å². The highest BCUT2D eigenvalue weighted by atomic mass is 19.4. The maximum Gasteiger partial charge on any atom is 0.414 e. The van der Waals surface area contributed by atoms with Crippen LogP contribution in [0.3, 0.4) is 0 Å². The van der Waals surface area contributed by atoms with Crippen LogP contribution in [-0.2, 0) is 0 Å². The molecule has 0 bridgehead atoms. The molecular formula is C12H15F3O2. The van der Waals surface area contributed by atoms with Crippen molar-refractivity contribution in [2.75, 3.05) is 0 Å². The van der Waals surface area contributed by atoms with Crippen LogP contribution in [-0.4, -0.2) is 23.2 Å². The van der Waals surface area contributed by atoms with Gasteiger partial charge < -0.3 is 5.11 Å². The molecule has 5 heteroatoms. The maximum atomic E-state index is 11.9. The van der Waals surface area contributed by atoms with Crippen LogP contribution in [0.1, 0.15) is 30.6 Å². The molecule has 1 N–H and O–H groups in total. The zero-order valence-corrected chi connectivity index (χ0v) is 9.66. The Bertz CT molecular complexity index is 333. The zero-order valence-electron chi connectivity index (χ0n) is 9.66. The van der Waals surface area contributed by atoms with Crippen LogP contribution in [0, 0.1) is 0 Å². The van der Waals surface area contributed by atoms with Gasteiger partial charge in [-0.2, -0.15) is 13.2 Å². The first kappa shape index (κ1) is 15.6. The number of alkyl halides is 3. The van der Waals surface area contributed by atoms with E-state index in [0.717, 1.165) is 0 Å². The molecule has 0 saturated carbocycles. The first-order chi connectivity index (χ1) is 7.91. The molecule has 0 spiro atoms. The number of Topliss-reactive ketones (excluding diaryl/α,β-unsaturated/α-hetero) is 1. The summed E-state index contributed by atoms with van der Waals surface area (Å²) in [4.78, 5) is 11.2. The fourth-order valence-corrected chi connectivity index (χ4v) is 1.03. The Morgan fingerprint density at radius 3 is 2.12 bits per heavy atom. The lowest BCUT2D eigenvalue weighted by Crippen LogP contribution is -2.30. The number of rotatable bonds is 3. The summed E-state index contributed by atoms with van der Waals surface area (Å²) in [7, 11) is 0. The normalized spacial score (nSPS) is 12.4. The smallest absolute Gasteiger partial charge is 0.383 e. The van der Waals surface area contributed by atoms with E-state index in [2.05, 4.69) is 0 Å². The summed E-state index contributed by atoms with van der Waals surface area (Å²) in [6, 6.07) is 7.56. The van der Waals surface area contributed by atoms with Gasteiger partial charge in [0.25, 0.3) is 0 Å². The molecular weight excluding hydrogens is 233 g/mol. The van der Waals surface area contributed by atoms with Crippen molar-refractivity contribution in [1.29, 1.82) is 0 Å². The predicted octanol–water partition coefficient (Wildman–Crippen LogP) is 3.21. The molecule has 1 aromatic carbocycles. The first-order valence-electron chi connectivity index (χ1n) is 5.24. The Kier molecular flexibility index (Phi) is 6.50. The second-order valence-electron chi connectivity index (χ2n) is 3.05. The molecule has 96 valence electrons. The molecule has 1 aromatic rings. The van der Waals surface area contributed by atoms with Gasteiger partial charge in [0.15, 0.2) is 11.9 Å². The fourth-order valence-electron chi connectivity index (χ4n) is 1.03. The van der Waals surface area contributed by atoms with Gasteiger partial charge >= 0.3 is 6.18 Å². The van der Waals surface area contributed by atoms with Gasteiger partial charge in [0.05, 0.1) is 0 Å². The summed E-state index contributed by atoms with van der Waals surface area (Å²) in [5.41, 5.74) is 0.167. The monoisotopic (exact) mass is 248 g/mol. The van der Waals surface area contributed by atoms with Crippen molar-refractivity contribution in [3.05, 3.63) is 35.9 Å². The topological polar surface area (TPSA) is 37.3 Å². The Hall–Kier alpha value is -1.36. The van der Waals surface area contributed by atoms with Crippen molar-refractivity contribution in [2.45, 2.75) is 32.5 Å². The van der Waals surface area contributed by atoms with E-state index in [1.54, 1.807) is 18.2 Å². The minimum atomic E-state index is -4.75. The fraction of sp³-hybridized carbons (Fsp3) is 0.417. The van der Waals surface area contributed by atoms with Gasteiger partial charge in [-0.05, 0) is 0 Å². The van der Waals surface area contributed by atoms with E-state index in [-0.39, 0.29) is 5.56 Å². The van der Waals surface area contributed by atoms with E-state index in [1.807, 2.05) is 13.8 Å². The van der Waals surface area contributed by atoms with Gasteiger partial charge in [-0.25, -0.2) is 0 Å². The van der Waals surface area contributed by atoms with Crippen molar-refractivity contribution in [2.24, 2.45) is 0 Å². The molecule has 0 aliphatic rings. The maximum absolute atomic E-state index is 11.9. The predicted molar refractivity (Wildman–Crippen MR) is 58.8 cm³/mol. The van der Waals surface area contributed by atoms with Gasteiger partial charge in [0.1, 0.15) is 0 Å². The lowest BCUT2D eigenvalue weighted by Gasteiger charge is -2.13.